The lowest BCUT2D eigenvalue weighted by molar-refractivity contribution is 0.0500. The first-order chi connectivity index (χ1) is 8.33. The zero-order valence-corrected chi connectivity index (χ0v) is 14.3. The summed E-state index contributed by atoms with van der Waals surface area (Å²) in [4.78, 5) is 0. The second-order valence-electron chi connectivity index (χ2n) is 5.04. The Labute approximate surface area is 125 Å². The van der Waals surface area contributed by atoms with Crippen molar-refractivity contribution in [2.45, 2.75) is 32.9 Å². The van der Waals surface area contributed by atoms with Crippen molar-refractivity contribution in [2.75, 3.05) is 13.9 Å². The third kappa shape index (κ3) is 5.26. The number of ether oxygens (including phenoxy) is 2. The number of rotatable bonds is 5. The van der Waals surface area contributed by atoms with E-state index >= 15 is 0 Å². The topological polar surface area (TPSA) is 30.5 Å². The van der Waals surface area contributed by atoms with E-state index in [1.165, 1.54) is 5.56 Å². The summed E-state index contributed by atoms with van der Waals surface area (Å²) in [5, 5.41) is 3.45. The molecule has 102 valence electrons. The fraction of sp³-hybridized carbons (Fsp3) is 0.538. The van der Waals surface area contributed by atoms with Gasteiger partial charge in [0.2, 0.25) is 0 Å². The molecular weight excluding hydrogens is 362 g/mol. The van der Waals surface area contributed by atoms with Gasteiger partial charge < -0.3 is 14.8 Å². The van der Waals surface area contributed by atoms with E-state index in [1.54, 1.807) is 7.11 Å². The molecule has 0 aliphatic rings. The average molecular weight is 381 g/mol. The van der Waals surface area contributed by atoms with E-state index in [9.17, 15) is 0 Å². The van der Waals surface area contributed by atoms with Crippen LogP contribution in [0.5, 0.6) is 5.75 Å². The molecule has 1 aromatic rings. The molecule has 5 heteroatoms. The predicted molar refractivity (Wildman–Crippen MR) is 80.9 cm³/mol. The fourth-order valence-corrected chi connectivity index (χ4v) is 2.85. The summed E-state index contributed by atoms with van der Waals surface area (Å²) in [6.07, 6.45) is 0. The third-order valence-corrected chi connectivity index (χ3v) is 3.38. The van der Waals surface area contributed by atoms with Crippen LogP contribution in [-0.2, 0) is 11.3 Å². The lowest BCUT2D eigenvalue weighted by Crippen LogP contribution is -2.35. The van der Waals surface area contributed by atoms with Crippen LogP contribution in [0.2, 0.25) is 0 Å². The van der Waals surface area contributed by atoms with Crippen LogP contribution in [0, 0.1) is 0 Å². The molecule has 0 saturated carbocycles. The number of methoxy groups -OCH3 is 1. The first-order valence-corrected chi connectivity index (χ1v) is 7.27. The smallest absolute Gasteiger partial charge is 0.188 e. The van der Waals surface area contributed by atoms with E-state index in [2.05, 4.69) is 70.1 Å². The van der Waals surface area contributed by atoms with E-state index < -0.39 is 0 Å². The molecule has 0 atom stereocenters. The second kappa shape index (κ2) is 6.89. The second-order valence-corrected chi connectivity index (χ2v) is 6.75. The zero-order chi connectivity index (χ0) is 13.8. The highest BCUT2D eigenvalue weighted by molar-refractivity contribution is 9.11. The van der Waals surface area contributed by atoms with Crippen molar-refractivity contribution < 1.29 is 9.47 Å². The van der Waals surface area contributed by atoms with Gasteiger partial charge in [-0.15, -0.1) is 0 Å². The summed E-state index contributed by atoms with van der Waals surface area (Å²) in [6, 6.07) is 4.10. The Balaban J connectivity index is 2.79. The Morgan fingerprint density at radius 2 is 1.72 bits per heavy atom. The highest BCUT2D eigenvalue weighted by Crippen LogP contribution is 2.34. The first-order valence-electron chi connectivity index (χ1n) is 5.68. The molecule has 0 saturated heterocycles. The molecule has 0 radical (unpaired) electrons. The van der Waals surface area contributed by atoms with Gasteiger partial charge in [0.1, 0.15) is 0 Å². The molecule has 1 aromatic carbocycles. The van der Waals surface area contributed by atoms with Crippen LogP contribution in [0.1, 0.15) is 26.3 Å². The molecule has 1 rings (SSSR count). The Morgan fingerprint density at radius 1 is 1.17 bits per heavy atom. The minimum absolute atomic E-state index is 0.101. The van der Waals surface area contributed by atoms with Gasteiger partial charge in [-0.05, 0) is 70.3 Å². The van der Waals surface area contributed by atoms with Gasteiger partial charge in [-0.25, -0.2) is 0 Å². The van der Waals surface area contributed by atoms with Crippen LogP contribution >= 0.6 is 31.9 Å². The Kier molecular flexibility index (Phi) is 6.11. The van der Waals surface area contributed by atoms with Crippen molar-refractivity contribution in [2.24, 2.45) is 0 Å². The Morgan fingerprint density at radius 3 is 2.17 bits per heavy atom. The lowest BCUT2D eigenvalue weighted by Gasteiger charge is -2.21. The molecule has 0 aliphatic heterocycles. The highest BCUT2D eigenvalue weighted by atomic mass is 79.9. The predicted octanol–water partition coefficient (Wildman–Crippen LogP) is 4.08. The Hall–Kier alpha value is -0.100. The van der Waals surface area contributed by atoms with Gasteiger partial charge in [0.05, 0.1) is 8.95 Å². The van der Waals surface area contributed by atoms with Crippen LogP contribution in [0.15, 0.2) is 21.1 Å². The molecule has 0 aromatic heterocycles. The molecule has 1 N–H and O–H groups in total. The quantitative estimate of drug-likeness (QED) is 0.780. The van der Waals surface area contributed by atoms with Crippen LogP contribution < -0.4 is 10.1 Å². The third-order valence-electron chi connectivity index (χ3n) is 2.20. The van der Waals surface area contributed by atoms with Gasteiger partial charge in [-0.1, -0.05) is 0 Å². The van der Waals surface area contributed by atoms with Crippen LogP contribution in [0.25, 0.3) is 0 Å². The molecular formula is C13H19Br2NO2. The molecule has 0 amide bonds. The van der Waals surface area contributed by atoms with E-state index in [0.29, 0.717) is 0 Å². The average Bonchev–Trinajstić information content (AvgIpc) is 2.24. The SMILES string of the molecule is COCOc1c(Br)cc(CNC(C)(C)C)cc1Br. The van der Waals surface area contributed by atoms with Gasteiger partial charge in [-0.3, -0.25) is 0 Å². The maximum absolute atomic E-state index is 5.48. The maximum Gasteiger partial charge on any atom is 0.188 e. The van der Waals surface area contributed by atoms with Gasteiger partial charge in [0, 0.05) is 19.2 Å². The standard InChI is InChI=1S/C13H19Br2NO2/c1-13(2,3)16-7-9-5-10(14)12(11(15)6-9)18-8-17-4/h5-6,16H,7-8H2,1-4H3. The van der Waals surface area contributed by atoms with E-state index in [-0.39, 0.29) is 12.3 Å². The van der Waals surface area contributed by atoms with Gasteiger partial charge in [-0.2, -0.15) is 0 Å². The highest BCUT2D eigenvalue weighted by Gasteiger charge is 2.12. The fourth-order valence-electron chi connectivity index (χ4n) is 1.34. The van der Waals surface area contributed by atoms with Crippen molar-refractivity contribution >= 4 is 31.9 Å². The normalized spacial score (nSPS) is 11.7. The molecule has 0 bridgehead atoms. The molecule has 0 heterocycles. The molecule has 0 fully saturated rings. The van der Waals surface area contributed by atoms with Gasteiger partial charge in [0.15, 0.2) is 12.5 Å². The summed E-state index contributed by atoms with van der Waals surface area (Å²) >= 11 is 7.02. The number of halogens is 2. The summed E-state index contributed by atoms with van der Waals surface area (Å²) < 4.78 is 12.2. The largest absolute Gasteiger partial charge is 0.465 e. The van der Waals surface area contributed by atoms with Crippen molar-refractivity contribution in [3.8, 4) is 5.75 Å². The van der Waals surface area contributed by atoms with Crippen LogP contribution in [-0.4, -0.2) is 19.4 Å². The van der Waals surface area contributed by atoms with Crippen LogP contribution in [0.3, 0.4) is 0 Å². The number of hydrogen-bond acceptors (Lipinski definition) is 3. The summed E-state index contributed by atoms with van der Waals surface area (Å²) in [5.41, 5.74) is 1.29. The Bertz CT molecular complexity index is 379. The number of nitrogens with one attached hydrogen (secondary N) is 1. The summed E-state index contributed by atoms with van der Waals surface area (Å²) in [6.45, 7) is 7.48. The minimum Gasteiger partial charge on any atom is -0.465 e. The molecule has 3 nitrogen and oxygen atoms in total. The zero-order valence-electron chi connectivity index (χ0n) is 11.1. The van der Waals surface area contributed by atoms with Crippen molar-refractivity contribution in [1.82, 2.24) is 5.32 Å². The van der Waals surface area contributed by atoms with Gasteiger partial charge >= 0.3 is 0 Å². The summed E-state index contributed by atoms with van der Waals surface area (Å²) in [7, 11) is 1.60. The van der Waals surface area contributed by atoms with E-state index in [1.807, 2.05) is 0 Å². The monoisotopic (exact) mass is 379 g/mol. The van der Waals surface area contributed by atoms with E-state index in [0.717, 1.165) is 21.2 Å². The van der Waals surface area contributed by atoms with E-state index in [4.69, 9.17) is 9.47 Å². The van der Waals surface area contributed by atoms with Crippen LogP contribution in [0.4, 0.5) is 0 Å². The first kappa shape index (κ1) is 16.0. The van der Waals surface area contributed by atoms with Gasteiger partial charge in [0.25, 0.3) is 0 Å². The minimum atomic E-state index is 0.101. The molecule has 18 heavy (non-hydrogen) atoms. The number of benzene rings is 1. The van der Waals surface area contributed by atoms with Crippen molar-refractivity contribution in [3.05, 3.63) is 26.6 Å². The number of hydrogen-bond donors (Lipinski definition) is 1. The molecule has 0 aliphatic carbocycles. The summed E-state index contributed by atoms with van der Waals surface area (Å²) in [5.74, 6) is 0.761. The maximum atomic E-state index is 5.48. The van der Waals surface area contributed by atoms with Crippen molar-refractivity contribution in [3.63, 3.8) is 0 Å². The molecule has 0 spiro atoms. The van der Waals surface area contributed by atoms with Crippen molar-refractivity contribution in [1.29, 1.82) is 0 Å². The molecule has 0 unspecified atom stereocenters. The lowest BCUT2D eigenvalue weighted by atomic mass is 10.1.